The molecule has 3 rings (SSSR count). The van der Waals surface area contributed by atoms with Gasteiger partial charge < -0.3 is 15.6 Å². The number of benzene rings is 1. The second-order valence-corrected chi connectivity index (χ2v) is 5.88. The SMILES string of the molecule is O=C(NCCc1ccc2[nH]ccc2c1)NC1CCCCC1. The summed E-state index contributed by atoms with van der Waals surface area (Å²) in [4.78, 5) is 15.0. The van der Waals surface area contributed by atoms with E-state index in [0.717, 1.165) is 24.8 Å². The second kappa shape index (κ2) is 6.66. The molecule has 3 N–H and O–H groups in total. The molecule has 1 heterocycles. The lowest BCUT2D eigenvalue weighted by Crippen LogP contribution is -2.43. The minimum atomic E-state index is -0.0235. The van der Waals surface area contributed by atoms with Gasteiger partial charge in [-0.2, -0.15) is 0 Å². The van der Waals surface area contributed by atoms with Gasteiger partial charge in [-0.15, -0.1) is 0 Å². The van der Waals surface area contributed by atoms with Crippen molar-refractivity contribution in [3.05, 3.63) is 36.0 Å². The van der Waals surface area contributed by atoms with Crippen molar-refractivity contribution in [3.8, 4) is 0 Å². The molecule has 21 heavy (non-hydrogen) atoms. The normalized spacial score (nSPS) is 16.0. The number of H-pyrrole nitrogens is 1. The Morgan fingerprint density at radius 3 is 2.90 bits per heavy atom. The third-order valence-electron chi connectivity index (χ3n) is 4.26. The van der Waals surface area contributed by atoms with Crippen LogP contribution in [0.1, 0.15) is 37.7 Å². The number of amides is 2. The standard InChI is InChI=1S/C17H23N3O/c21-17(20-15-4-2-1-3-5-15)19-10-8-13-6-7-16-14(12-13)9-11-18-16/h6-7,9,11-12,15,18H,1-5,8,10H2,(H2,19,20,21). The molecule has 0 aliphatic heterocycles. The maximum Gasteiger partial charge on any atom is 0.315 e. The van der Waals surface area contributed by atoms with Gasteiger partial charge in [-0.05, 0) is 48.4 Å². The van der Waals surface area contributed by atoms with Gasteiger partial charge in [0, 0.05) is 24.3 Å². The summed E-state index contributed by atoms with van der Waals surface area (Å²) in [6.07, 6.45) is 8.84. The molecule has 1 aromatic heterocycles. The van der Waals surface area contributed by atoms with E-state index in [1.165, 1.54) is 30.2 Å². The molecule has 1 aromatic carbocycles. The lowest BCUT2D eigenvalue weighted by atomic mass is 9.96. The average molecular weight is 285 g/mol. The highest BCUT2D eigenvalue weighted by Crippen LogP contribution is 2.17. The number of aromatic amines is 1. The van der Waals surface area contributed by atoms with Gasteiger partial charge in [-0.25, -0.2) is 4.79 Å². The Bertz CT molecular complexity index is 599. The number of aromatic nitrogens is 1. The summed E-state index contributed by atoms with van der Waals surface area (Å²) < 4.78 is 0. The van der Waals surface area contributed by atoms with E-state index in [-0.39, 0.29) is 6.03 Å². The van der Waals surface area contributed by atoms with Crippen molar-refractivity contribution < 1.29 is 4.79 Å². The second-order valence-electron chi connectivity index (χ2n) is 5.88. The molecular formula is C17H23N3O. The highest BCUT2D eigenvalue weighted by molar-refractivity contribution is 5.80. The smallest absolute Gasteiger partial charge is 0.315 e. The number of rotatable bonds is 4. The maximum atomic E-state index is 11.8. The molecule has 0 spiro atoms. The van der Waals surface area contributed by atoms with Crippen LogP contribution in [0.3, 0.4) is 0 Å². The topological polar surface area (TPSA) is 56.9 Å². The molecule has 0 bridgehead atoms. The zero-order valence-corrected chi connectivity index (χ0v) is 12.3. The summed E-state index contributed by atoms with van der Waals surface area (Å²) in [6, 6.07) is 8.79. The first-order valence-electron chi connectivity index (χ1n) is 7.92. The van der Waals surface area contributed by atoms with Gasteiger partial charge in [-0.1, -0.05) is 25.3 Å². The van der Waals surface area contributed by atoms with Crippen LogP contribution in [0.2, 0.25) is 0 Å². The van der Waals surface area contributed by atoms with Crippen molar-refractivity contribution in [3.63, 3.8) is 0 Å². The third kappa shape index (κ3) is 3.78. The zero-order chi connectivity index (χ0) is 14.5. The maximum absolute atomic E-state index is 11.8. The van der Waals surface area contributed by atoms with Crippen LogP contribution in [0.5, 0.6) is 0 Å². The number of hydrogen-bond acceptors (Lipinski definition) is 1. The molecule has 2 aromatic rings. The minimum Gasteiger partial charge on any atom is -0.361 e. The number of urea groups is 1. The number of carbonyl (C=O) groups is 1. The van der Waals surface area contributed by atoms with Gasteiger partial charge >= 0.3 is 6.03 Å². The average Bonchev–Trinajstić information content (AvgIpc) is 2.96. The zero-order valence-electron chi connectivity index (χ0n) is 12.3. The number of carbonyl (C=O) groups excluding carboxylic acids is 1. The van der Waals surface area contributed by atoms with E-state index in [4.69, 9.17) is 0 Å². The van der Waals surface area contributed by atoms with Gasteiger partial charge in [0.05, 0.1) is 0 Å². The van der Waals surface area contributed by atoms with E-state index in [1.54, 1.807) is 0 Å². The van der Waals surface area contributed by atoms with E-state index in [0.29, 0.717) is 12.6 Å². The Labute approximate surface area is 125 Å². The fourth-order valence-electron chi connectivity index (χ4n) is 3.06. The van der Waals surface area contributed by atoms with E-state index in [9.17, 15) is 4.79 Å². The monoisotopic (exact) mass is 285 g/mol. The van der Waals surface area contributed by atoms with E-state index in [2.05, 4.69) is 39.9 Å². The number of fused-ring (bicyclic) bond motifs is 1. The summed E-state index contributed by atoms with van der Waals surface area (Å²) >= 11 is 0. The van der Waals surface area contributed by atoms with Gasteiger partial charge in [0.1, 0.15) is 0 Å². The molecule has 1 aliphatic rings. The van der Waals surface area contributed by atoms with Crippen molar-refractivity contribution in [2.75, 3.05) is 6.54 Å². The van der Waals surface area contributed by atoms with Crippen LogP contribution in [0.4, 0.5) is 4.79 Å². The van der Waals surface area contributed by atoms with Gasteiger partial charge in [0.25, 0.3) is 0 Å². The molecule has 0 unspecified atom stereocenters. The Morgan fingerprint density at radius 1 is 1.19 bits per heavy atom. The van der Waals surface area contributed by atoms with Crippen molar-refractivity contribution in [1.29, 1.82) is 0 Å². The molecule has 2 amide bonds. The van der Waals surface area contributed by atoms with Gasteiger partial charge in [0.2, 0.25) is 0 Å². The van der Waals surface area contributed by atoms with Crippen molar-refractivity contribution in [2.45, 2.75) is 44.6 Å². The third-order valence-corrected chi connectivity index (χ3v) is 4.26. The fraction of sp³-hybridized carbons (Fsp3) is 0.471. The molecule has 4 heteroatoms. The highest BCUT2D eigenvalue weighted by Gasteiger charge is 2.14. The van der Waals surface area contributed by atoms with Crippen LogP contribution < -0.4 is 10.6 Å². The summed E-state index contributed by atoms with van der Waals surface area (Å²) in [5.74, 6) is 0. The molecule has 1 fully saturated rings. The predicted molar refractivity (Wildman–Crippen MR) is 85.4 cm³/mol. The molecule has 1 aliphatic carbocycles. The van der Waals surface area contributed by atoms with E-state index >= 15 is 0 Å². The van der Waals surface area contributed by atoms with Crippen LogP contribution in [0.15, 0.2) is 30.5 Å². The molecule has 1 saturated carbocycles. The van der Waals surface area contributed by atoms with Crippen LogP contribution >= 0.6 is 0 Å². The molecule has 4 nitrogen and oxygen atoms in total. The summed E-state index contributed by atoms with van der Waals surface area (Å²) in [7, 11) is 0. The van der Waals surface area contributed by atoms with Crippen molar-refractivity contribution in [1.82, 2.24) is 15.6 Å². The highest BCUT2D eigenvalue weighted by atomic mass is 16.2. The molecule has 0 saturated heterocycles. The van der Waals surface area contributed by atoms with Crippen LogP contribution in [0.25, 0.3) is 10.9 Å². The lowest BCUT2D eigenvalue weighted by Gasteiger charge is -2.22. The van der Waals surface area contributed by atoms with Gasteiger partial charge in [0.15, 0.2) is 0 Å². The Morgan fingerprint density at radius 2 is 2.05 bits per heavy atom. The first-order chi connectivity index (χ1) is 10.3. The van der Waals surface area contributed by atoms with Crippen LogP contribution in [-0.4, -0.2) is 23.6 Å². The van der Waals surface area contributed by atoms with Gasteiger partial charge in [-0.3, -0.25) is 0 Å². The summed E-state index contributed by atoms with van der Waals surface area (Å²) in [5, 5.41) is 7.26. The molecule has 0 atom stereocenters. The predicted octanol–water partition coefficient (Wildman–Crippen LogP) is 3.34. The van der Waals surface area contributed by atoms with E-state index < -0.39 is 0 Å². The van der Waals surface area contributed by atoms with Crippen molar-refractivity contribution >= 4 is 16.9 Å². The van der Waals surface area contributed by atoms with Crippen LogP contribution in [-0.2, 0) is 6.42 Å². The fourth-order valence-corrected chi connectivity index (χ4v) is 3.06. The molecule has 0 radical (unpaired) electrons. The Kier molecular flexibility index (Phi) is 4.43. The largest absolute Gasteiger partial charge is 0.361 e. The Hall–Kier alpha value is -1.97. The lowest BCUT2D eigenvalue weighted by molar-refractivity contribution is 0.233. The molecule has 112 valence electrons. The minimum absolute atomic E-state index is 0.0235. The number of hydrogen-bond donors (Lipinski definition) is 3. The van der Waals surface area contributed by atoms with Crippen LogP contribution in [0, 0.1) is 0 Å². The molecular weight excluding hydrogens is 262 g/mol. The summed E-state index contributed by atoms with van der Waals surface area (Å²) in [6.45, 7) is 0.675. The Balaban J connectivity index is 1.43. The summed E-state index contributed by atoms with van der Waals surface area (Å²) in [5.41, 5.74) is 2.40. The van der Waals surface area contributed by atoms with E-state index in [1.807, 2.05) is 6.20 Å². The number of nitrogens with one attached hydrogen (secondary N) is 3. The first kappa shape index (κ1) is 14.0. The van der Waals surface area contributed by atoms with Crippen molar-refractivity contribution in [2.24, 2.45) is 0 Å². The first-order valence-corrected chi connectivity index (χ1v) is 7.92. The quantitative estimate of drug-likeness (QED) is 0.793.